The van der Waals surface area contributed by atoms with Gasteiger partial charge in [-0.15, -0.1) is 0 Å². The molecule has 2 aromatic carbocycles. The van der Waals surface area contributed by atoms with Gasteiger partial charge >= 0.3 is 29.6 Å². The summed E-state index contributed by atoms with van der Waals surface area (Å²) in [5.74, 6) is -2.35. The molecule has 0 bridgehead atoms. The maximum Gasteiger partial charge on any atom is 1.00 e. The van der Waals surface area contributed by atoms with Gasteiger partial charge in [-0.1, -0.05) is 36.8 Å². The molecule has 2 atom stereocenters. The predicted molar refractivity (Wildman–Crippen MR) is 109 cm³/mol. The van der Waals surface area contributed by atoms with Crippen LogP contribution in [0.1, 0.15) is 37.2 Å². The molecule has 3 aromatic rings. The molecule has 11 heteroatoms. The van der Waals surface area contributed by atoms with E-state index < -0.39 is 26.6 Å². The fraction of sp³-hybridized carbons (Fsp3) is 0.300. The summed E-state index contributed by atoms with van der Waals surface area (Å²) in [6.07, 6.45) is 4.33. The fourth-order valence-electron chi connectivity index (χ4n) is 3.64. The van der Waals surface area contributed by atoms with Crippen LogP contribution in [-0.4, -0.2) is 23.9 Å². The number of sulfonamides is 1. The average molecular weight is 474 g/mol. The number of benzene rings is 2. The Kier molecular flexibility index (Phi) is 8.03. The minimum absolute atomic E-state index is 0. The monoisotopic (exact) mass is 473 g/mol. The molecule has 31 heavy (non-hydrogen) atoms. The summed E-state index contributed by atoms with van der Waals surface area (Å²) in [6.45, 7) is 0. The Morgan fingerprint density at radius 1 is 1.06 bits per heavy atom. The maximum atomic E-state index is 14.7. The van der Waals surface area contributed by atoms with Crippen LogP contribution >= 0.6 is 11.5 Å². The molecule has 1 aliphatic rings. The molecular formula is C20H18F2N3NaO3S2. The van der Waals surface area contributed by atoms with Crippen LogP contribution in [0.15, 0.2) is 53.7 Å². The summed E-state index contributed by atoms with van der Waals surface area (Å²) in [6, 6.07) is 11.1. The van der Waals surface area contributed by atoms with Crippen LogP contribution in [0.2, 0.25) is 0 Å². The van der Waals surface area contributed by atoms with Gasteiger partial charge < -0.3 is 14.4 Å². The minimum Gasteiger partial charge on any atom is -0.487 e. The van der Waals surface area contributed by atoms with Crippen molar-refractivity contribution in [2.24, 2.45) is 0 Å². The summed E-state index contributed by atoms with van der Waals surface area (Å²) >= 11 is 0.731. The molecule has 0 amide bonds. The normalized spacial score (nSPS) is 18.8. The van der Waals surface area contributed by atoms with Gasteiger partial charge in [0.25, 0.3) is 0 Å². The Balaban J connectivity index is 0.00000272. The van der Waals surface area contributed by atoms with E-state index in [0.717, 1.165) is 48.8 Å². The zero-order chi connectivity index (χ0) is 21.1. The Labute approximate surface area is 205 Å². The second-order valence-electron chi connectivity index (χ2n) is 6.96. The van der Waals surface area contributed by atoms with Crippen molar-refractivity contribution in [2.75, 3.05) is 0 Å². The zero-order valence-electron chi connectivity index (χ0n) is 16.7. The smallest absolute Gasteiger partial charge is 0.487 e. The summed E-state index contributed by atoms with van der Waals surface area (Å²) in [5, 5.41) is -0.164. The standard InChI is InChI=1S/C20H18F2N3O3S2.Na/c21-15-11-19(30(26,27)25-20-23-12-24-29-20)16(22)10-18(15)28-17-9-5-4-8-14(17)13-6-2-1-3-7-13;/h1-3,6-7,10-12,14,17H,4-5,8-9H2;/q-1;+1/t14-,17+;/m1./s1. The molecule has 6 nitrogen and oxygen atoms in total. The van der Waals surface area contributed by atoms with E-state index in [1.54, 1.807) is 0 Å². The van der Waals surface area contributed by atoms with E-state index in [1.807, 2.05) is 30.3 Å². The van der Waals surface area contributed by atoms with Crippen LogP contribution in [0.4, 0.5) is 13.9 Å². The predicted octanol–water partition coefficient (Wildman–Crippen LogP) is 2.32. The zero-order valence-corrected chi connectivity index (χ0v) is 20.4. The van der Waals surface area contributed by atoms with E-state index in [2.05, 4.69) is 14.1 Å². The number of hydrogen-bond acceptors (Lipinski definition) is 6. The minimum atomic E-state index is -4.48. The number of nitrogens with zero attached hydrogens (tertiary/aromatic N) is 3. The van der Waals surface area contributed by atoms with E-state index in [-0.39, 0.29) is 52.5 Å². The molecule has 0 aliphatic heterocycles. The van der Waals surface area contributed by atoms with Gasteiger partial charge in [-0.05, 0) is 42.4 Å². The first kappa shape index (κ1) is 24.1. The van der Waals surface area contributed by atoms with E-state index in [9.17, 15) is 17.2 Å². The topological polar surface area (TPSA) is 83.3 Å². The molecule has 4 rings (SSSR count). The third kappa shape index (κ3) is 5.61. The molecule has 0 saturated heterocycles. The van der Waals surface area contributed by atoms with Crippen LogP contribution in [-0.2, 0) is 10.0 Å². The molecule has 0 unspecified atom stereocenters. The molecule has 0 N–H and O–H groups in total. The second-order valence-corrected chi connectivity index (χ2v) is 9.29. The van der Waals surface area contributed by atoms with Gasteiger partial charge in [0.05, 0.1) is 0 Å². The first-order chi connectivity index (χ1) is 14.4. The number of aromatic nitrogens is 2. The van der Waals surface area contributed by atoms with Crippen molar-refractivity contribution in [3.05, 3.63) is 70.7 Å². The van der Waals surface area contributed by atoms with Gasteiger partial charge in [-0.2, -0.15) is 0 Å². The number of rotatable bonds is 6. The Morgan fingerprint density at radius 3 is 2.52 bits per heavy atom. The van der Waals surface area contributed by atoms with Gasteiger partial charge in [-0.3, -0.25) is 0 Å². The molecule has 1 fully saturated rings. The number of ether oxygens (including phenoxy) is 1. The van der Waals surface area contributed by atoms with E-state index >= 15 is 0 Å². The van der Waals surface area contributed by atoms with Crippen LogP contribution in [0.25, 0.3) is 4.72 Å². The van der Waals surface area contributed by atoms with Crippen LogP contribution < -0.4 is 34.3 Å². The van der Waals surface area contributed by atoms with E-state index in [4.69, 9.17) is 4.74 Å². The van der Waals surface area contributed by atoms with Gasteiger partial charge in [0, 0.05) is 23.4 Å². The number of halogens is 2. The van der Waals surface area contributed by atoms with Crippen LogP contribution in [0, 0.1) is 11.6 Å². The quantitative estimate of drug-likeness (QED) is 0.513. The average Bonchev–Trinajstić information content (AvgIpc) is 3.23. The van der Waals surface area contributed by atoms with Crippen molar-refractivity contribution in [2.45, 2.75) is 42.6 Å². The first-order valence-corrected chi connectivity index (χ1v) is 11.6. The van der Waals surface area contributed by atoms with Crippen molar-refractivity contribution in [3.63, 3.8) is 0 Å². The number of hydrogen-bond donors (Lipinski definition) is 0. The Bertz CT molecular complexity index is 1120. The largest absolute Gasteiger partial charge is 1.00 e. The molecule has 1 aliphatic carbocycles. The first-order valence-electron chi connectivity index (χ1n) is 9.39. The maximum absolute atomic E-state index is 14.7. The second kappa shape index (κ2) is 10.4. The summed E-state index contributed by atoms with van der Waals surface area (Å²) in [5.41, 5.74) is 1.08. The van der Waals surface area contributed by atoms with Crippen LogP contribution in [0.5, 0.6) is 5.75 Å². The summed E-state index contributed by atoms with van der Waals surface area (Å²) < 4.78 is 66.9. The molecule has 1 aromatic heterocycles. The third-order valence-electron chi connectivity index (χ3n) is 5.02. The van der Waals surface area contributed by atoms with Crippen molar-refractivity contribution < 1.29 is 51.5 Å². The molecule has 0 spiro atoms. The van der Waals surface area contributed by atoms with Crippen LogP contribution in [0.3, 0.4) is 0 Å². The molecule has 0 radical (unpaired) electrons. The van der Waals surface area contributed by atoms with Gasteiger partial charge in [0.2, 0.25) is 10.0 Å². The van der Waals surface area contributed by atoms with Gasteiger partial charge in [0.1, 0.15) is 16.8 Å². The van der Waals surface area contributed by atoms with Gasteiger partial charge in [-0.25, -0.2) is 21.6 Å². The Hall–Kier alpha value is -1.59. The molecule has 1 saturated carbocycles. The van der Waals surface area contributed by atoms with Crippen molar-refractivity contribution in [3.8, 4) is 5.75 Å². The van der Waals surface area contributed by atoms with Crippen molar-refractivity contribution in [1.82, 2.24) is 9.36 Å². The van der Waals surface area contributed by atoms with E-state index in [0.29, 0.717) is 12.5 Å². The third-order valence-corrected chi connectivity index (χ3v) is 6.98. The molecular weight excluding hydrogens is 455 g/mol. The molecule has 158 valence electrons. The fourth-order valence-corrected chi connectivity index (χ4v) is 5.26. The molecule has 1 heterocycles. The summed E-state index contributed by atoms with van der Waals surface area (Å²) in [7, 11) is -4.48. The summed E-state index contributed by atoms with van der Waals surface area (Å²) in [4.78, 5) is 2.76. The van der Waals surface area contributed by atoms with Crippen molar-refractivity contribution in [1.29, 1.82) is 0 Å². The van der Waals surface area contributed by atoms with Crippen molar-refractivity contribution >= 4 is 26.7 Å². The SMILES string of the molecule is O=S(=O)([N-]c1ncns1)c1cc(F)c(O[C@H]2CCCC[C@@H]2c2ccccc2)cc1F.[Na+]. The van der Waals surface area contributed by atoms with E-state index in [1.165, 1.54) is 0 Å². The van der Waals surface area contributed by atoms with Gasteiger partial charge in [0.15, 0.2) is 11.6 Å². The Morgan fingerprint density at radius 2 is 1.81 bits per heavy atom.